The molecule has 2 aliphatic heterocycles. The molecule has 1 aromatic carbocycles. The molecule has 7 rings (SSSR count). The molecule has 3 aliphatic carbocycles. The molecule has 5 fully saturated rings. The van der Waals surface area contributed by atoms with E-state index in [-0.39, 0.29) is 11.5 Å². The highest BCUT2D eigenvalue weighted by Crippen LogP contribution is 2.58. The predicted octanol–water partition coefficient (Wildman–Crippen LogP) is 2.47. The van der Waals surface area contributed by atoms with Crippen LogP contribution in [0.2, 0.25) is 0 Å². The van der Waals surface area contributed by atoms with E-state index in [2.05, 4.69) is 14.8 Å². The maximum atomic E-state index is 13.9. The molecule has 0 radical (unpaired) electrons. The van der Waals surface area contributed by atoms with Gasteiger partial charge in [-0.25, -0.2) is 4.98 Å². The second kappa shape index (κ2) is 8.15. The molecule has 4 unspecified atom stereocenters. The van der Waals surface area contributed by atoms with Gasteiger partial charge >= 0.3 is 0 Å². The highest BCUT2D eigenvalue weighted by Gasteiger charge is 2.59. The summed E-state index contributed by atoms with van der Waals surface area (Å²) >= 11 is 0. The first kappa shape index (κ1) is 21.7. The Kier molecular flexibility index (Phi) is 5.20. The van der Waals surface area contributed by atoms with Gasteiger partial charge in [0.05, 0.1) is 31.3 Å². The van der Waals surface area contributed by atoms with Gasteiger partial charge in [0.15, 0.2) is 11.5 Å². The van der Waals surface area contributed by atoms with Crippen molar-refractivity contribution in [3.63, 3.8) is 0 Å². The zero-order valence-corrected chi connectivity index (χ0v) is 20.0. The molecule has 34 heavy (non-hydrogen) atoms. The number of hydrogen-bond acceptors (Lipinski definition) is 8. The Hall–Kier alpha value is -2.81. The number of anilines is 2. The Morgan fingerprint density at radius 3 is 2.62 bits per heavy atom. The molecule has 2 saturated heterocycles. The SMILES string of the molecule is COc1cc2nc(N3CCN(C(=O)C45CCOC6CC(CCC64)C5)CC3)nc(N)c2cc1OC. The molecule has 3 saturated carbocycles. The van der Waals surface area contributed by atoms with E-state index >= 15 is 0 Å². The molecular formula is C25H33N5O4. The van der Waals surface area contributed by atoms with Crippen molar-refractivity contribution in [1.29, 1.82) is 0 Å². The Morgan fingerprint density at radius 1 is 1.12 bits per heavy atom. The summed E-state index contributed by atoms with van der Waals surface area (Å²) in [7, 11) is 3.19. The van der Waals surface area contributed by atoms with Crippen molar-refractivity contribution in [2.75, 3.05) is 57.6 Å². The van der Waals surface area contributed by atoms with Gasteiger partial charge in [0.2, 0.25) is 11.9 Å². The van der Waals surface area contributed by atoms with Gasteiger partial charge in [-0.3, -0.25) is 4.79 Å². The zero-order chi connectivity index (χ0) is 23.4. The molecule has 1 amide bonds. The van der Waals surface area contributed by atoms with Crippen molar-refractivity contribution in [3.8, 4) is 11.5 Å². The maximum absolute atomic E-state index is 13.9. The number of nitrogens with zero attached hydrogens (tertiary/aromatic N) is 4. The van der Waals surface area contributed by atoms with Crippen LogP contribution in [-0.4, -0.2) is 73.9 Å². The van der Waals surface area contributed by atoms with Gasteiger partial charge in [0, 0.05) is 44.2 Å². The summed E-state index contributed by atoms with van der Waals surface area (Å²) in [5, 5.41) is 0.732. The molecule has 2 N–H and O–H groups in total. The lowest BCUT2D eigenvalue weighted by molar-refractivity contribution is -0.194. The summed E-state index contributed by atoms with van der Waals surface area (Å²) in [6.07, 6.45) is 5.75. The van der Waals surface area contributed by atoms with E-state index < -0.39 is 0 Å². The van der Waals surface area contributed by atoms with Gasteiger partial charge in [-0.2, -0.15) is 4.98 Å². The average molecular weight is 468 g/mol. The smallest absolute Gasteiger partial charge is 0.229 e. The van der Waals surface area contributed by atoms with E-state index in [0.29, 0.717) is 72.7 Å². The minimum Gasteiger partial charge on any atom is -0.493 e. The van der Waals surface area contributed by atoms with E-state index in [0.717, 1.165) is 37.7 Å². The zero-order valence-electron chi connectivity index (χ0n) is 20.0. The highest BCUT2D eigenvalue weighted by molar-refractivity contribution is 5.92. The Morgan fingerprint density at radius 2 is 1.88 bits per heavy atom. The first-order chi connectivity index (χ1) is 16.5. The first-order valence-electron chi connectivity index (χ1n) is 12.4. The Balaban J connectivity index is 1.20. The highest BCUT2D eigenvalue weighted by atomic mass is 16.5. The minimum atomic E-state index is -0.203. The van der Waals surface area contributed by atoms with Crippen LogP contribution in [-0.2, 0) is 9.53 Å². The summed E-state index contributed by atoms with van der Waals surface area (Å²) < 4.78 is 16.9. The van der Waals surface area contributed by atoms with Crippen molar-refractivity contribution in [1.82, 2.24) is 14.9 Å². The number of benzene rings is 1. The molecule has 4 bridgehead atoms. The van der Waals surface area contributed by atoms with Crippen molar-refractivity contribution < 1.29 is 19.0 Å². The van der Waals surface area contributed by atoms with Crippen LogP contribution in [0, 0.1) is 17.3 Å². The summed E-state index contributed by atoms with van der Waals surface area (Å²) in [5.74, 6) is 3.58. The average Bonchev–Trinajstić information content (AvgIpc) is 2.87. The van der Waals surface area contributed by atoms with Crippen molar-refractivity contribution in [2.24, 2.45) is 17.3 Å². The largest absolute Gasteiger partial charge is 0.493 e. The van der Waals surface area contributed by atoms with E-state index in [1.54, 1.807) is 14.2 Å². The van der Waals surface area contributed by atoms with Gasteiger partial charge in [-0.15, -0.1) is 0 Å². The van der Waals surface area contributed by atoms with E-state index in [1.165, 1.54) is 6.42 Å². The van der Waals surface area contributed by atoms with Crippen LogP contribution in [0.3, 0.4) is 0 Å². The third-order valence-electron chi connectivity index (χ3n) is 8.64. The number of rotatable bonds is 4. The number of piperazine rings is 1. The van der Waals surface area contributed by atoms with Gasteiger partial charge in [0.25, 0.3) is 0 Å². The van der Waals surface area contributed by atoms with Crippen LogP contribution in [0.4, 0.5) is 11.8 Å². The number of carbonyl (C=O) groups excluding carboxylic acids is 1. The number of nitrogens with two attached hydrogens (primary N) is 1. The molecule has 9 nitrogen and oxygen atoms in total. The molecule has 9 heteroatoms. The van der Waals surface area contributed by atoms with Gasteiger partial charge in [0.1, 0.15) is 5.82 Å². The third-order valence-corrected chi connectivity index (χ3v) is 8.64. The summed E-state index contributed by atoms with van der Waals surface area (Å²) in [5.41, 5.74) is 6.80. The van der Waals surface area contributed by atoms with Crippen LogP contribution in [0.15, 0.2) is 12.1 Å². The predicted molar refractivity (Wildman–Crippen MR) is 128 cm³/mol. The van der Waals surface area contributed by atoms with Crippen LogP contribution >= 0.6 is 0 Å². The van der Waals surface area contributed by atoms with Crippen LogP contribution < -0.4 is 20.1 Å². The second-order valence-corrected chi connectivity index (χ2v) is 10.2. The summed E-state index contributed by atoms with van der Waals surface area (Å²) in [6.45, 7) is 3.45. The molecule has 2 aromatic rings. The van der Waals surface area contributed by atoms with Crippen LogP contribution in [0.1, 0.15) is 32.1 Å². The Bertz CT molecular complexity index is 1120. The quantitative estimate of drug-likeness (QED) is 0.732. The molecule has 182 valence electrons. The van der Waals surface area contributed by atoms with Crippen molar-refractivity contribution in [2.45, 2.75) is 38.2 Å². The molecule has 3 heterocycles. The number of nitrogen functional groups attached to an aromatic ring is 1. The molecule has 4 atom stereocenters. The minimum absolute atomic E-state index is 0.203. The third kappa shape index (κ3) is 3.27. The monoisotopic (exact) mass is 467 g/mol. The fourth-order valence-electron chi connectivity index (χ4n) is 6.95. The number of methoxy groups -OCH3 is 2. The fraction of sp³-hybridized carbons (Fsp3) is 0.640. The van der Waals surface area contributed by atoms with E-state index in [1.807, 2.05) is 12.1 Å². The topological polar surface area (TPSA) is 103 Å². The lowest BCUT2D eigenvalue weighted by Crippen LogP contribution is -2.62. The van der Waals surface area contributed by atoms with E-state index in [9.17, 15) is 4.79 Å². The molecule has 5 aliphatic rings. The summed E-state index contributed by atoms with van der Waals surface area (Å²) in [6, 6.07) is 3.64. The van der Waals surface area contributed by atoms with Crippen molar-refractivity contribution in [3.05, 3.63) is 12.1 Å². The second-order valence-electron chi connectivity index (χ2n) is 10.2. The number of aromatic nitrogens is 2. The molecule has 0 spiro atoms. The van der Waals surface area contributed by atoms with Crippen LogP contribution in [0.25, 0.3) is 10.9 Å². The van der Waals surface area contributed by atoms with Crippen LogP contribution in [0.5, 0.6) is 11.5 Å². The lowest BCUT2D eigenvalue weighted by Gasteiger charge is -2.58. The van der Waals surface area contributed by atoms with Gasteiger partial charge in [-0.1, -0.05) is 0 Å². The number of hydrogen-bond donors (Lipinski definition) is 1. The van der Waals surface area contributed by atoms with Crippen molar-refractivity contribution >= 4 is 28.6 Å². The standard InChI is InChI=1S/C25H33N5O4/c1-32-20-12-16-18(13-21(20)33-2)27-24(28-22(16)26)30-8-6-29(7-9-30)23(31)25-5-10-34-19-11-15(14-25)3-4-17(19)25/h12-13,15,17,19H,3-11,14H2,1-2H3,(H2,26,27,28). The molecule has 1 aromatic heterocycles. The van der Waals surface area contributed by atoms with Gasteiger partial charge in [-0.05, 0) is 50.0 Å². The number of carbonyl (C=O) groups is 1. The summed E-state index contributed by atoms with van der Waals surface area (Å²) in [4.78, 5) is 27.4. The fourth-order valence-corrected chi connectivity index (χ4v) is 6.95. The normalized spacial score (nSPS) is 30.5. The number of amides is 1. The Labute approximate surface area is 199 Å². The molecular weight excluding hydrogens is 434 g/mol. The van der Waals surface area contributed by atoms with E-state index in [4.69, 9.17) is 24.9 Å². The lowest BCUT2D eigenvalue weighted by atomic mass is 9.52. The number of ether oxygens (including phenoxy) is 3. The van der Waals surface area contributed by atoms with Gasteiger partial charge < -0.3 is 29.7 Å². The maximum Gasteiger partial charge on any atom is 0.229 e. The number of fused-ring (bicyclic) bond motifs is 2. The first-order valence-corrected chi connectivity index (χ1v) is 12.4.